The second-order valence-electron chi connectivity index (χ2n) is 5.39. The molecule has 0 aromatic rings. The maximum absolute atomic E-state index is 10.0. The van der Waals surface area contributed by atoms with Gasteiger partial charge in [0.25, 0.3) is 0 Å². The molecule has 2 saturated carbocycles. The van der Waals surface area contributed by atoms with Crippen LogP contribution in [0.3, 0.4) is 0 Å². The third-order valence-corrected chi connectivity index (χ3v) is 4.69. The van der Waals surface area contributed by atoms with Crippen molar-refractivity contribution in [2.45, 2.75) is 50.7 Å². The highest BCUT2D eigenvalue weighted by Gasteiger charge is 2.49. The van der Waals surface area contributed by atoms with Crippen molar-refractivity contribution < 1.29 is 5.11 Å². The van der Waals surface area contributed by atoms with Crippen LogP contribution < -0.4 is 0 Å². The number of fused-ring (bicyclic) bond motifs is 2. The average molecular weight is 195 g/mol. The van der Waals surface area contributed by atoms with Crippen LogP contribution in [0.4, 0.5) is 0 Å². The van der Waals surface area contributed by atoms with E-state index in [-0.39, 0.29) is 6.10 Å². The number of rotatable bonds is 1. The lowest BCUT2D eigenvalue weighted by atomic mass is 9.92. The topological polar surface area (TPSA) is 23.5 Å². The van der Waals surface area contributed by atoms with Crippen LogP contribution in [0.5, 0.6) is 0 Å². The van der Waals surface area contributed by atoms with E-state index in [9.17, 15) is 5.11 Å². The molecule has 14 heavy (non-hydrogen) atoms. The Kier molecular flexibility index (Phi) is 2.29. The molecule has 2 heteroatoms. The smallest absolute Gasteiger partial charge is 0.0612 e. The summed E-state index contributed by atoms with van der Waals surface area (Å²) in [6.45, 7) is 2.58. The first kappa shape index (κ1) is 9.17. The summed E-state index contributed by atoms with van der Waals surface area (Å²) in [5.74, 6) is 1.27. The molecule has 2 nitrogen and oxygen atoms in total. The lowest BCUT2D eigenvalue weighted by Crippen LogP contribution is -2.43. The van der Waals surface area contributed by atoms with Gasteiger partial charge in [0.2, 0.25) is 0 Å². The molecule has 0 aromatic carbocycles. The molecule has 0 radical (unpaired) electrons. The molecule has 0 unspecified atom stereocenters. The molecule has 1 heterocycles. The fourth-order valence-electron chi connectivity index (χ4n) is 3.93. The van der Waals surface area contributed by atoms with Crippen LogP contribution in [0.2, 0.25) is 0 Å². The first-order valence-electron chi connectivity index (χ1n) is 6.28. The van der Waals surface area contributed by atoms with E-state index < -0.39 is 0 Å². The van der Waals surface area contributed by atoms with E-state index in [1.807, 2.05) is 0 Å². The van der Waals surface area contributed by atoms with Gasteiger partial charge in [-0.15, -0.1) is 0 Å². The Balaban J connectivity index is 1.68. The Morgan fingerprint density at radius 2 is 1.79 bits per heavy atom. The average Bonchev–Trinajstić information content (AvgIpc) is 2.76. The monoisotopic (exact) mass is 195 g/mol. The number of likely N-dealkylation sites (tertiary alicyclic amines) is 1. The van der Waals surface area contributed by atoms with Crippen molar-refractivity contribution in [2.75, 3.05) is 13.1 Å². The molecule has 1 saturated heterocycles. The molecule has 3 rings (SSSR count). The molecule has 1 aliphatic heterocycles. The first-order chi connectivity index (χ1) is 6.86. The van der Waals surface area contributed by atoms with Crippen molar-refractivity contribution in [3.05, 3.63) is 0 Å². The van der Waals surface area contributed by atoms with Crippen LogP contribution in [0.15, 0.2) is 0 Å². The van der Waals surface area contributed by atoms with Gasteiger partial charge in [0.05, 0.1) is 6.10 Å². The molecule has 1 N–H and O–H groups in total. The molecule has 3 aliphatic rings. The predicted octanol–water partition coefficient (Wildman–Crippen LogP) is 1.63. The minimum atomic E-state index is 0.0435. The summed E-state index contributed by atoms with van der Waals surface area (Å²) in [7, 11) is 0. The van der Waals surface area contributed by atoms with Crippen LogP contribution >= 0.6 is 0 Å². The van der Waals surface area contributed by atoms with Gasteiger partial charge in [-0.05, 0) is 51.1 Å². The molecule has 2 aliphatic carbocycles. The summed E-state index contributed by atoms with van der Waals surface area (Å²) < 4.78 is 0. The Morgan fingerprint density at radius 3 is 2.36 bits per heavy atom. The highest BCUT2D eigenvalue weighted by Crippen LogP contribution is 2.47. The van der Waals surface area contributed by atoms with Gasteiger partial charge in [0.1, 0.15) is 0 Å². The van der Waals surface area contributed by atoms with Crippen LogP contribution in [0, 0.1) is 11.8 Å². The van der Waals surface area contributed by atoms with E-state index >= 15 is 0 Å². The van der Waals surface area contributed by atoms with Crippen molar-refractivity contribution in [1.29, 1.82) is 0 Å². The Labute approximate surface area is 86.3 Å². The van der Waals surface area contributed by atoms with Crippen molar-refractivity contribution in [1.82, 2.24) is 4.90 Å². The van der Waals surface area contributed by atoms with E-state index in [0.717, 1.165) is 6.04 Å². The zero-order valence-electron chi connectivity index (χ0n) is 8.86. The predicted molar refractivity (Wildman–Crippen MR) is 56.0 cm³/mol. The highest BCUT2D eigenvalue weighted by molar-refractivity contribution is 5.01. The second kappa shape index (κ2) is 3.49. The first-order valence-corrected chi connectivity index (χ1v) is 6.28. The molecular weight excluding hydrogens is 174 g/mol. The van der Waals surface area contributed by atoms with Crippen LogP contribution in [-0.4, -0.2) is 35.2 Å². The van der Waals surface area contributed by atoms with Gasteiger partial charge in [0, 0.05) is 12.0 Å². The summed E-state index contributed by atoms with van der Waals surface area (Å²) >= 11 is 0. The molecule has 80 valence electrons. The third kappa shape index (κ3) is 1.31. The zero-order chi connectivity index (χ0) is 9.54. The van der Waals surface area contributed by atoms with Crippen LogP contribution in [-0.2, 0) is 0 Å². The SMILES string of the molecule is O[C@H]1[C@@H]2CC[C@H]1[C@H](N1CCCCC1)C2. The number of hydrogen-bond donors (Lipinski definition) is 1. The van der Waals surface area contributed by atoms with Gasteiger partial charge < -0.3 is 10.0 Å². The largest absolute Gasteiger partial charge is 0.392 e. The summed E-state index contributed by atoms with van der Waals surface area (Å²) in [4.78, 5) is 2.66. The van der Waals surface area contributed by atoms with Crippen molar-refractivity contribution in [3.8, 4) is 0 Å². The van der Waals surface area contributed by atoms with Gasteiger partial charge >= 0.3 is 0 Å². The molecular formula is C12H21NO. The molecule has 0 aromatic heterocycles. The Hall–Kier alpha value is -0.0800. The lowest BCUT2D eigenvalue weighted by molar-refractivity contribution is 0.0831. The fraction of sp³-hybridized carbons (Fsp3) is 1.00. The van der Waals surface area contributed by atoms with Gasteiger partial charge in [-0.3, -0.25) is 0 Å². The van der Waals surface area contributed by atoms with Crippen molar-refractivity contribution in [2.24, 2.45) is 11.8 Å². The van der Waals surface area contributed by atoms with E-state index in [2.05, 4.69) is 4.90 Å². The summed E-state index contributed by atoms with van der Waals surface area (Å²) in [5.41, 5.74) is 0. The number of nitrogens with zero attached hydrogens (tertiary/aromatic N) is 1. The van der Waals surface area contributed by atoms with Gasteiger partial charge in [0.15, 0.2) is 0 Å². The zero-order valence-corrected chi connectivity index (χ0v) is 8.86. The minimum absolute atomic E-state index is 0.0435. The van der Waals surface area contributed by atoms with Gasteiger partial charge in [-0.2, -0.15) is 0 Å². The Morgan fingerprint density at radius 1 is 1.00 bits per heavy atom. The van der Waals surface area contributed by atoms with E-state index in [4.69, 9.17) is 0 Å². The van der Waals surface area contributed by atoms with Gasteiger partial charge in [-0.25, -0.2) is 0 Å². The summed E-state index contributed by atoms with van der Waals surface area (Å²) in [5, 5.41) is 10.0. The molecule has 3 fully saturated rings. The van der Waals surface area contributed by atoms with E-state index in [0.29, 0.717) is 11.8 Å². The second-order valence-corrected chi connectivity index (χ2v) is 5.39. The maximum atomic E-state index is 10.0. The quantitative estimate of drug-likeness (QED) is 0.687. The van der Waals surface area contributed by atoms with Crippen molar-refractivity contribution >= 4 is 0 Å². The molecule has 4 atom stereocenters. The summed E-state index contributed by atoms with van der Waals surface area (Å²) in [6.07, 6.45) is 8.07. The van der Waals surface area contributed by atoms with E-state index in [1.165, 1.54) is 51.6 Å². The normalized spacial score (nSPS) is 48.6. The van der Waals surface area contributed by atoms with Crippen LogP contribution in [0.1, 0.15) is 38.5 Å². The van der Waals surface area contributed by atoms with Crippen LogP contribution in [0.25, 0.3) is 0 Å². The number of hydrogen-bond acceptors (Lipinski definition) is 2. The fourth-order valence-corrected chi connectivity index (χ4v) is 3.93. The molecule has 0 amide bonds. The Bertz CT molecular complexity index is 212. The minimum Gasteiger partial charge on any atom is -0.392 e. The molecule has 2 bridgehead atoms. The third-order valence-electron chi connectivity index (χ3n) is 4.69. The lowest BCUT2D eigenvalue weighted by Gasteiger charge is -2.36. The molecule has 0 spiro atoms. The van der Waals surface area contributed by atoms with E-state index in [1.54, 1.807) is 0 Å². The summed E-state index contributed by atoms with van der Waals surface area (Å²) in [6, 6.07) is 0.740. The van der Waals surface area contributed by atoms with Gasteiger partial charge in [-0.1, -0.05) is 6.42 Å². The number of aliphatic hydroxyl groups is 1. The van der Waals surface area contributed by atoms with Crippen molar-refractivity contribution in [3.63, 3.8) is 0 Å². The maximum Gasteiger partial charge on any atom is 0.0612 e. The highest BCUT2D eigenvalue weighted by atomic mass is 16.3. The number of aliphatic hydroxyl groups excluding tert-OH is 1. The number of piperidine rings is 1. The standard InChI is InChI=1S/C12H21NO/c14-12-9-4-5-10(12)11(8-9)13-6-2-1-3-7-13/h9-12,14H,1-8H2/t9-,10+,11-,12+/m1/s1.